The van der Waals surface area contributed by atoms with Crippen molar-refractivity contribution >= 4 is 17.7 Å². The van der Waals surface area contributed by atoms with E-state index < -0.39 is 0 Å². The summed E-state index contributed by atoms with van der Waals surface area (Å²) in [4.78, 5) is 16.1. The zero-order chi connectivity index (χ0) is 16.4. The Hall–Kier alpha value is -1.08. The Balaban J connectivity index is 1.67. The lowest BCUT2D eigenvalue weighted by Gasteiger charge is -2.32. The van der Waals surface area contributed by atoms with Crippen molar-refractivity contribution in [3.63, 3.8) is 0 Å². The van der Waals surface area contributed by atoms with Crippen LogP contribution in [0, 0.1) is 5.92 Å². The summed E-state index contributed by atoms with van der Waals surface area (Å²) in [6.45, 7) is 5.76. The topological polar surface area (TPSA) is 55.5 Å². The van der Waals surface area contributed by atoms with Crippen LogP contribution < -0.4 is 4.90 Å². The molecule has 2 aliphatic heterocycles. The van der Waals surface area contributed by atoms with Crippen LogP contribution in [0.4, 0.5) is 0 Å². The number of carbonyl (C=O) groups is 1. The summed E-state index contributed by atoms with van der Waals surface area (Å²) < 4.78 is 2.09. The molecular weight excluding hydrogens is 310 g/mol. The Bertz CT molecular complexity index is 561. The third-order valence-electron chi connectivity index (χ3n) is 5.23. The third-order valence-corrected chi connectivity index (χ3v) is 5.95. The van der Waals surface area contributed by atoms with Crippen LogP contribution in [0.3, 0.4) is 0 Å². The number of carbonyl (C=O) groups excluding carboxylic acids is 1. The highest BCUT2D eigenvalue weighted by Crippen LogP contribution is 2.21. The zero-order valence-electron chi connectivity index (χ0n) is 14.4. The fraction of sp³-hybridized carbons (Fsp3) is 0.812. The summed E-state index contributed by atoms with van der Waals surface area (Å²) in [6, 6.07) is 0.305. The van der Waals surface area contributed by atoms with E-state index in [0.717, 1.165) is 49.9 Å². The van der Waals surface area contributed by atoms with Crippen LogP contribution >= 0.6 is 11.8 Å². The first kappa shape index (κ1) is 16.8. The van der Waals surface area contributed by atoms with E-state index in [1.807, 2.05) is 13.3 Å². The maximum atomic E-state index is 12.7. The third kappa shape index (κ3) is 3.55. The van der Waals surface area contributed by atoms with E-state index >= 15 is 0 Å². The van der Waals surface area contributed by atoms with Gasteiger partial charge in [0.1, 0.15) is 6.04 Å². The van der Waals surface area contributed by atoms with Gasteiger partial charge in [0, 0.05) is 33.0 Å². The van der Waals surface area contributed by atoms with Crippen LogP contribution in [-0.4, -0.2) is 58.0 Å². The van der Waals surface area contributed by atoms with Crippen molar-refractivity contribution in [2.75, 3.05) is 32.4 Å². The molecule has 7 heteroatoms. The second-order valence-corrected chi connectivity index (χ2v) is 7.74. The summed E-state index contributed by atoms with van der Waals surface area (Å²) in [7, 11) is 2.03. The number of quaternary nitrogens is 1. The minimum atomic E-state index is 0.305. The lowest BCUT2D eigenvalue weighted by molar-refractivity contribution is -0.911. The molecule has 128 valence electrons. The Morgan fingerprint density at radius 1 is 1.35 bits per heavy atom. The average Bonchev–Trinajstić information content (AvgIpc) is 3.13. The maximum absolute atomic E-state index is 12.7. The van der Waals surface area contributed by atoms with Gasteiger partial charge in [-0.1, -0.05) is 18.7 Å². The van der Waals surface area contributed by atoms with Gasteiger partial charge >= 0.3 is 0 Å². The van der Waals surface area contributed by atoms with Gasteiger partial charge in [0.25, 0.3) is 5.91 Å². The molecule has 0 spiro atoms. The Morgan fingerprint density at radius 2 is 2.17 bits per heavy atom. The predicted molar refractivity (Wildman–Crippen MR) is 90.4 cm³/mol. The summed E-state index contributed by atoms with van der Waals surface area (Å²) in [5, 5.41) is 9.60. The quantitative estimate of drug-likeness (QED) is 0.813. The van der Waals surface area contributed by atoms with Gasteiger partial charge < -0.3 is 14.4 Å². The van der Waals surface area contributed by atoms with Crippen molar-refractivity contribution < 1.29 is 9.69 Å². The van der Waals surface area contributed by atoms with Crippen LogP contribution in [0.15, 0.2) is 5.16 Å². The largest absolute Gasteiger partial charge is 0.338 e. The first-order chi connectivity index (χ1) is 11.1. The Morgan fingerprint density at radius 3 is 2.87 bits per heavy atom. The SMILES string of the molecule is CSc1nnc([C@H]2CCC[NH+]2CC(=O)N2CCC[C@@H](C)C2)n1C. The molecule has 23 heavy (non-hydrogen) atoms. The van der Waals surface area contributed by atoms with E-state index in [-0.39, 0.29) is 0 Å². The number of hydrogen-bond donors (Lipinski definition) is 1. The van der Waals surface area contributed by atoms with Crippen molar-refractivity contribution in [3.8, 4) is 0 Å². The Kier molecular flexibility index (Phi) is 5.26. The van der Waals surface area contributed by atoms with Crippen molar-refractivity contribution in [2.45, 2.75) is 43.8 Å². The predicted octanol–water partition coefficient (Wildman–Crippen LogP) is 0.515. The van der Waals surface area contributed by atoms with Crippen molar-refractivity contribution in [1.29, 1.82) is 0 Å². The molecule has 0 saturated carbocycles. The lowest BCUT2D eigenvalue weighted by Crippen LogP contribution is -3.11. The fourth-order valence-corrected chi connectivity index (χ4v) is 4.45. The smallest absolute Gasteiger partial charge is 0.277 e. The highest BCUT2D eigenvalue weighted by molar-refractivity contribution is 7.98. The monoisotopic (exact) mass is 338 g/mol. The highest BCUT2D eigenvalue weighted by atomic mass is 32.2. The van der Waals surface area contributed by atoms with E-state index in [1.165, 1.54) is 11.3 Å². The van der Waals surface area contributed by atoms with E-state index in [2.05, 4.69) is 26.6 Å². The molecule has 2 aliphatic rings. The minimum absolute atomic E-state index is 0.305. The van der Waals surface area contributed by atoms with E-state index in [0.29, 0.717) is 24.4 Å². The molecule has 1 N–H and O–H groups in total. The molecule has 0 aromatic carbocycles. The van der Waals surface area contributed by atoms with E-state index in [9.17, 15) is 4.79 Å². The minimum Gasteiger partial charge on any atom is -0.338 e. The van der Waals surface area contributed by atoms with E-state index in [4.69, 9.17) is 0 Å². The number of hydrogen-bond acceptors (Lipinski definition) is 4. The first-order valence-corrected chi connectivity index (χ1v) is 9.88. The van der Waals surface area contributed by atoms with Crippen LogP contribution in [0.1, 0.15) is 44.5 Å². The second kappa shape index (κ2) is 7.21. The van der Waals surface area contributed by atoms with Crippen molar-refractivity contribution in [1.82, 2.24) is 19.7 Å². The molecule has 6 nitrogen and oxygen atoms in total. The molecular formula is C16H28N5OS+. The van der Waals surface area contributed by atoms with Gasteiger partial charge in [0.2, 0.25) is 0 Å². The summed E-state index contributed by atoms with van der Waals surface area (Å²) >= 11 is 1.62. The van der Waals surface area contributed by atoms with Gasteiger partial charge in [-0.3, -0.25) is 4.79 Å². The second-order valence-electron chi connectivity index (χ2n) is 6.97. The molecule has 1 aromatic rings. The molecule has 2 fully saturated rings. The molecule has 0 bridgehead atoms. The number of rotatable bonds is 4. The molecule has 0 radical (unpaired) electrons. The maximum Gasteiger partial charge on any atom is 0.277 e. The number of aromatic nitrogens is 3. The average molecular weight is 339 g/mol. The lowest BCUT2D eigenvalue weighted by atomic mass is 10.0. The highest BCUT2D eigenvalue weighted by Gasteiger charge is 2.36. The van der Waals surface area contributed by atoms with Gasteiger partial charge in [-0.2, -0.15) is 0 Å². The van der Waals surface area contributed by atoms with Gasteiger partial charge in [-0.15, -0.1) is 10.2 Å². The van der Waals surface area contributed by atoms with Crippen LogP contribution in [0.5, 0.6) is 0 Å². The number of likely N-dealkylation sites (tertiary alicyclic amines) is 2. The van der Waals surface area contributed by atoms with Crippen molar-refractivity contribution in [2.24, 2.45) is 13.0 Å². The molecule has 3 rings (SSSR count). The Labute approximate surface area is 142 Å². The molecule has 1 aromatic heterocycles. The fourth-order valence-electron chi connectivity index (χ4n) is 3.96. The number of nitrogens with one attached hydrogen (secondary N) is 1. The zero-order valence-corrected chi connectivity index (χ0v) is 15.2. The van der Waals surface area contributed by atoms with Gasteiger partial charge in [0.15, 0.2) is 17.5 Å². The number of thioether (sulfide) groups is 1. The van der Waals surface area contributed by atoms with Crippen LogP contribution in [0.25, 0.3) is 0 Å². The van der Waals surface area contributed by atoms with E-state index in [1.54, 1.807) is 11.8 Å². The van der Waals surface area contributed by atoms with Crippen molar-refractivity contribution in [3.05, 3.63) is 5.82 Å². The number of amides is 1. The van der Waals surface area contributed by atoms with Crippen LogP contribution in [-0.2, 0) is 11.8 Å². The van der Waals surface area contributed by atoms with Gasteiger partial charge in [-0.25, -0.2) is 0 Å². The van der Waals surface area contributed by atoms with Gasteiger partial charge in [-0.05, 0) is 25.0 Å². The summed E-state index contributed by atoms with van der Waals surface area (Å²) in [5.74, 6) is 1.98. The molecule has 0 aliphatic carbocycles. The van der Waals surface area contributed by atoms with Crippen LogP contribution in [0.2, 0.25) is 0 Å². The summed E-state index contributed by atoms with van der Waals surface area (Å²) in [5.41, 5.74) is 0. The molecule has 3 atom stereocenters. The normalized spacial score (nSPS) is 28.3. The number of nitrogens with zero attached hydrogens (tertiary/aromatic N) is 4. The molecule has 3 heterocycles. The summed E-state index contributed by atoms with van der Waals surface area (Å²) in [6.07, 6.45) is 6.67. The standard InChI is InChI=1S/C16H27N5OS/c1-12-6-4-9-21(10-12)14(22)11-20-8-5-7-13(20)15-17-18-16(23-3)19(15)2/h12-13H,4-11H2,1-3H3/p+1/t12-,13-/m1/s1. The molecule has 2 saturated heterocycles. The van der Waals surface area contributed by atoms with Gasteiger partial charge in [0.05, 0.1) is 6.54 Å². The molecule has 1 unspecified atom stereocenters. The first-order valence-electron chi connectivity index (χ1n) is 8.65. The molecule has 1 amide bonds. The number of piperidine rings is 1.